The molecule has 0 fully saturated rings. The van der Waals surface area contributed by atoms with Crippen molar-refractivity contribution in [3.8, 4) is 0 Å². The van der Waals surface area contributed by atoms with Crippen molar-refractivity contribution in [2.24, 2.45) is 5.92 Å². The monoisotopic (exact) mass is 499 g/mol. The zero-order valence-electron chi connectivity index (χ0n) is 19.3. The predicted octanol–water partition coefficient (Wildman–Crippen LogP) is 6.10. The third-order valence-electron chi connectivity index (χ3n) is 6.40. The molecule has 1 aliphatic heterocycles. The van der Waals surface area contributed by atoms with E-state index in [1.165, 1.54) is 10.4 Å². The van der Waals surface area contributed by atoms with E-state index < -0.39 is 21.9 Å². The maximum Gasteiger partial charge on any atom is 0.264 e. The van der Waals surface area contributed by atoms with Crippen molar-refractivity contribution in [2.45, 2.75) is 38.1 Å². The van der Waals surface area contributed by atoms with Crippen molar-refractivity contribution >= 4 is 39.0 Å². The van der Waals surface area contributed by atoms with Crippen LogP contribution in [-0.2, 0) is 16.4 Å². The minimum absolute atomic E-state index is 0.118. The number of aliphatic hydroxyl groups excluding tert-OH is 1. The lowest BCUT2D eigenvalue weighted by atomic mass is 9.88. The number of aliphatic hydroxyl groups is 1. The lowest BCUT2D eigenvalue weighted by Crippen LogP contribution is -2.48. The minimum Gasteiger partial charge on any atom is -0.396 e. The van der Waals surface area contributed by atoms with Crippen LogP contribution in [0.25, 0.3) is 11.6 Å². The quantitative estimate of drug-likeness (QED) is 0.432. The Morgan fingerprint density at radius 3 is 2.59 bits per heavy atom. The van der Waals surface area contributed by atoms with Gasteiger partial charge in [-0.2, -0.15) is 0 Å². The van der Waals surface area contributed by atoms with Gasteiger partial charge in [-0.25, -0.2) is 12.8 Å². The first-order valence-corrected chi connectivity index (χ1v) is 12.9. The molecule has 0 amide bonds. The molecule has 3 aromatic carbocycles. The highest BCUT2D eigenvalue weighted by molar-refractivity contribution is 7.92. The molecule has 4 nitrogen and oxygen atoms in total. The normalized spacial score (nSPS) is 18.6. The first-order chi connectivity index (χ1) is 16.1. The van der Waals surface area contributed by atoms with Crippen LogP contribution in [0.1, 0.15) is 36.1 Å². The van der Waals surface area contributed by atoms with Crippen LogP contribution < -0.4 is 4.31 Å². The van der Waals surface area contributed by atoms with E-state index in [0.29, 0.717) is 28.3 Å². The molecule has 0 bridgehead atoms. The number of hydrogen-bond donors (Lipinski definition) is 1. The van der Waals surface area contributed by atoms with Gasteiger partial charge in [-0.05, 0) is 79.8 Å². The molecular formula is C27H27ClFNO3S. The number of benzene rings is 3. The van der Waals surface area contributed by atoms with E-state index in [2.05, 4.69) is 0 Å². The molecule has 1 aliphatic rings. The number of rotatable bonds is 5. The Bertz CT molecular complexity index is 1350. The van der Waals surface area contributed by atoms with E-state index in [4.69, 9.17) is 11.6 Å². The van der Waals surface area contributed by atoms with Gasteiger partial charge in [0.05, 0.1) is 15.6 Å². The van der Waals surface area contributed by atoms with Gasteiger partial charge in [0.15, 0.2) is 0 Å². The first-order valence-electron chi connectivity index (χ1n) is 11.1. The fraction of sp³-hybridized carbons (Fsp3) is 0.259. The Balaban J connectivity index is 1.84. The minimum atomic E-state index is -3.88. The molecule has 0 aliphatic carbocycles. The molecule has 0 saturated carbocycles. The summed E-state index contributed by atoms with van der Waals surface area (Å²) in [6.45, 7) is 5.33. The Morgan fingerprint density at radius 1 is 1.18 bits per heavy atom. The van der Waals surface area contributed by atoms with E-state index in [-0.39, 0.29) is 17.4 Å². The third-order valence-corrected chi connectivity index (χ3v) is 8.61. The van der Waals surface area contributed by atoms with Crippen molar-refractivity contribution in [3.63, 3.8) is 0 Å². The molecule has 0 spiro atoms. The highest BCUT2D eigenvalue weighted by atomic mass is 35.5. The maximum atomic E-state index is 14.4. The molecule has 0 aromatic heterocycles. The van der Waals surface area contributed by atoms with Crippen LogP contribution in [-0.4, -0.2) is 26.2 Å². The Hall–Kier alpha value is -2.67. The lowest BCUT2D eigenvalue weighted by Gasteiger charge is -2.40. The number of allylic oxidation sites excluding steroid dienone is 1. The van der Waals surface area contributed by atoms with Crippen LogP contribution in [0.3, 0.4) is 0 Å². The number of aryl methyl sites for hydroxylation is 1. The summed E-state index contributed by atoms with van der Waals surface area (Å²) in [6.07, 6.45) is 2.36. The van der Waals surface area contributed by atoms with Crippen molar-refractivity contribution in [1.82, 2.24) is 0 Å². The van der Waals surface area contributed by atoms with Crippen molar-refractivity contribution in [2.75, 3.05) is 10.9 Å². The summed E-state index contributed by atoms with van der Waals surface area (Å²) in [5.74, 6) is -0.644. The topological polar surface area (TPSA) is 57.6 Å². The molecule has 34 heavy (non-hydrogen) atoms. The summed E-state index contributed by atoms with van der Waals surface area (Å²) in [5.41, 5.74) is 3.94. The Morgan fingerprint density at radius 2 is 1.91 bits per heavy atom. The van der Waals surface area contributed by atoms with Gasteiger partial charge in [0, 0.05) is 24.1 Å². The molecule has 0 radical (unpaired) electrons. The van der Waals surface area contributed by atoms with Crippen LogP contribution >= 0.6 is 11.6 Å². The summed E-state index contributed by atoms with van der Waals surface area (Å²) < 4.78 is 43.4. The van der Waals surface area contributed by atoms with E-state index in [0.717, 1.165) is 16.7 Å². The summed E-state index contributed by atoms with van der Waals surface area (Å²) in [7, 11) is -3.88. The highest BCUT2D eigenvalue weighted by Crippen LogP contribution is 2.39. The second-order valence-corrected chi connectivity index (χ2v) is 11.0. The highest BCUT2D eigenvalue weighted by Gasteiger charge is 2.38. The van der Waals surface area contributed by atoms with E-state index in [1.54, 1.807) is 43.3 Å². The number of hydrogen-bond acceptors (Lipinski definition) is 3. The average molecular weight is 500 g/mol. The number of halogens is 2. The molecule has 0 unspecified atom stereocenters. The van der Waals surface area contributed by atoms with E-state index >= 15 is 0 Å². The van der Waals surface area contributed by atoms with Crippen LogP contribution in [0.5, 0.6) is 0 Å². The first kappa shape index (κ1) is 24.5. The summed E-state index contributed by atoms with van der Waals surface area (Å²) >= 11 is 6.23. The Kier molecular flexibility index (Phi) is 6.85. The maximum absolute atomic E-state index is 14.4. The fourth-order valence-corrected chi connectivity index (χ4v) is 6.73. The Labute approximate surface area is 205 Å². The standard InChI is InChI=1S/C27H27ClFNO3S/c1-17-6-4-7-23(12-17)34(32,33)30-19(3)22(16-31)15-21-11-10-20(14-26(21)30)13-18(2)27-24(28)8-5-9-25(27)29/h4-14,19,22,31H,15-16H2,1-3H3/b18-13+/t19-,22+/m1/s1. The molecular weight excluding hydrogens is 473 g/mol. The van der Waals surface area contributed by atoms with Gasteiger partial charge >= 0.3 is 0 Å². The van der Waals surface area contributed by atoms with Gasteiger partial charge in [0.1, 0.15) is 5.82 Å². The smallest absolute Gasteiger partial charge is 0.264 e. The molecule has 4 rings (SSSR count). The van der Waals surface area contributed by atoms with Gasteiger partial charge < -0.3 is 5.11 Å². The van der Waals surface area contributed by atoms with Crippen molar-refractivity contribution in [1.29, 1.82) is 0 Å². The second kappa shape index (κ2) is 9.53. The molecule has 178 valence electrons. The summed E-state index contributed by atoms with van der Waals surface area (Å²) in [6, 6.07) is 16.5. The van der Waals surface area contributed by atoms with E-state index in [9.17, 15) is 17.9 Å². The number of sulfonamides is 1. The van der Waals surface area contributed by atoms with Gasteiger partial charge in [-0.1, -0.05) is 48.0 Å². The van der Waals surface area contributed by atoms with Crippen molar-refractivity contribution < 1.29 is 17.9 Å². The molecule has 1 N–H and O–H groups in total. The number of fused-ring (bicyclic) bond motifs is 1. The van der Waals surface area contributed by atoms with Crippen molar-refractivity contribution in [3.05, 3.63) is 93.8 Å². The van der Waals surface area contributed by atoms with Gasteiger partial charge in [0.25, 0.3) is 10.0 Å². The predicted molar refractivity (Wildman–Crippen MR) is 136 cm³/mol. The van der Waals surface area contributed by atoms with Crippen LogP contribution in [0.4, 0.5) is 10.1 Å². The van der Waals surface area contributed by atoms with Crippen LogP contribution in [0.2, 0.25) is 5.02 Å². The summed E-state index contributed by atoms with van der Waals surface area (Å²) in [4.78, 5) is 0.208. The third kappa shape index (κ3) is 4.50. The van der Waals surface area contributed by atoms with Gasteiger partial charge in [0.2, 0.25) is 0 Å². The molecule has 0 saturated heterocycles. The zero-order valence-corrected chi connectivity index (χ0v) is 20.9. The molecule has 2 atom stereocenters. The molecule has 1 heterocycles. The van der Waals surface area contributed by atoms with Gasteiger partial charge in [-0.3, -0.25) is 4.31 Å². The molecule has 7 heteroatoms. The van der Waals surface area contributed by atoms with Gasteiger partial charge in [-0.15, -0.1) is 0 Å². The average Bonchev–Trinajstić information content (AvgIpc) is 2.78. The SMILES string of the molecule is C/C(=C\c1ccc2c(c1)N(S(=O)(=O)c1cccc(C)c1)[C@H](C)[C@H](CO)C2)c1c(F)cccc1Cl. The zero-order chi connectivity index (χ0) is 24.6. The largest absolute Gasteiger partial charge is 0.396 e. The second-order valence-electron chi connectivity index (χ2n) is 8.82. The van der Waals surface area contributed by atoms with E-state index in [1.807, 2.05) is 38.1 Å². The lowest BCUT2D eigenvalue weighted by molar-refractivity contribution is 0.205. The fourth-order valence-electron chi connectivity index (χ4n) is 4.56. The van der Waals surface area contributed by atoms with Crippen LogP contribution in [0, 0.1) is 18.7 Å². The summed E-state index contributed by atoms with van der Waals surface area (Å²) in [5, 5.41) is 10.3. The number of nitrogens with zero attached hydrogens (tertiary/aromatic N) is 1. The number of anilines is 1. The molecule has 3 aromatic rings. The van der Waals surface area contributed by atoms with Crippen LogP contribution in [0.15, 0.2) is 65.6 Å².